The Bertz CT molecular complexity index is 377. The molecule has 0 radical (unpaired) electrons. The van der Waals surface area contributed by atoms with E-state index in [0.717, 1.165) is 5.56 Å². The Hall–Kier alpha value is -1.04. The fraction of sp³-hybridized carbons (Fsp3) is 0.273. The third kappa shape index (κ3) is 3.37. The Morgan fingerprint density at radius 1 is 1.43 bits per heavy atom. The van der Waals surface area contributed by atoms with Gasteiger partial charge in [0.25, 0.3) is 0 Å². The Morgan fingerprint density at radius 3 is 2.71 bits per heavy atom. The first-order chi connectivity index (χ1) is 6.59. The third-order valence-electron chi connectivity index (χ3n) is 1.55. The molecule has 0 unspecified atom stereocenters. The van der Waals surface area contributed by atoms with E-state index >= 15 is 0 Å². The van der Waals surface area contributed by atoms with Crippen molar-refractivity contribution in [3.05, 3.63) is 34.6 Å². The summed E-state index contributed by atoms with van der Waals surface area (Å²) in [5.74, 6) is 5.43. The fourth-order valence-electron chi connectivity index (χ4n) is 0.874. The zero-order chi connectivity index (χ0) is 10.6. The van der Waals surface area contributed by atoms with Gasteiger partial charge in [-0.05, 0) is 32.3 Å². The lowest BCUT2D eigenvalue weighted by atomic mass is 10.2. The van der Waals surface area contributed by atoms with E-state index in [1.807, 2.05) is 19.0 Å². The van der Waals surface area contributed by atoms with Crippen LogP contribution in [0.15, 0.2) is 18.2 Å². The van der Waals surface area contributed by atoms with Crippen LogP contribution in [0.25, 0.3) is 0 Å². The number of hydrogen-bond acceptors (Lipinski definition) is 1. The summed E-state index contributed by atoms with van der Waals surface area (Å²) in [6.07, 6.45) is 0. The van der Waals surface area contributed by atoms with E-state index in [9.17, 15) is 4.39 Å². The van der Waals surface area contributed by atoms with E-state index < -0.39 is 5.82 Å². The van der Waals surface area contributed by atoms with Gasteiger partial charge in [0, 0.05) is 5.56 Å². The molecule has 0 amide bonds. The van der Waals surface area contributed by atoms with Crippen LogP contribution < -0.4 is 0 Å². The molecule has 0 aliphatic rings. The standard InChI is InChI=1S/C11H11ClFN/c1-14(2)7-3-4-9-5-6-11(13)10(12)8-9/h5-6,8H,7H2,1-2H3. The summed E-state index contributed by atoms with van der Waals surface area (Å²) in [5, 5.41) is 0.113. The molecule has 0 spiro atoms. The fourth-order valence-corrected chi connectivity index (χ4v) is 1.05. The molecule has 0 heterocycles. The van der Waals surface area contributed by atoms with E-state index in [2.05, 4.69) is 11.8 Å². The monoisotopic (exact) mass is 211 g/mol. The van der Waals surface area contributed by atoms with Crippen LogP contribution in [0.5, 0.6) is 0 Å². The van der Waals surface area contributed by atoms with Gasteiger partial charge >= 0.3 is 0 Å². The largest absolute Gasteiger partial charge is 0.299 e. The van der Waals surface area contributed by atoms with Gasteiger partial charge in [-0.3, -0.25) is 4.90 Å². The highest BCUT2D eigenvalue weighted by Crippen LogP contribution is 2.14. The normalized spacial score (nSPS) is 9.79. The Balaban J connectivity index is 2.76. The minimum Gasteiger partial charge on any atom is -0.299 e. The van der Waals surface area contributed by atoms with E-state index in [-0.39, 0.29) is 5.02 Å². The molecule has 1 nitrogen and oxygen atoms in total. The second kappa shape index (κ2) is 4.99. The van der Waals surface area contributed by atoms with Crippen LogP contribution in [-0.4, -0.2) is 25.5 Å². The van der Waals surface area contributed by atoms with Crippen molar-refractivity contribution in [2.45, 2.75) is 0 Å². The minimum absolute atomic E-state index is 0.113. The van der Waals surface area contributed by atoms with E-state index in [0.29, 0.717) is 6.54 Å². The molecule has 1 aromatic carbocycles. The first-order valence-corrected chi connectivity index (χ1v) is 4.56. The summed E-state index contributed by atoms with van der Waals surface area (Å²) in [6.45, 7) is 0.676. The van der Waals surface area contributed by atoms with Crippen molar-refractivity contribution in [3.8, 4) is 11.8 Å². The molecule has 74 valence electrons. The van der Waals surface area contributed by atoms with Crippen LogP contribution in [0, 0.1) is 17.7 Å². The molecule has 0 atom stereocenters. The van der Waals surface area contributed by atoms with Crippen molar-refractivity contribution in [2.75, 3.05) is 20.6 Å². The predicted molar refractivity (Wildman–Crippen MR) is 56.8 cm³/mol. The molecular formula is C11H11ClFN. The highest BCUT2D eigenvalue weighted by atomic mass is 35.5. The molecule has 14 heavy (non-hydrogen) atoms. The maximum Gasteiger partial charge on any atom is 0.141 e. The molecule has 0 aliphatic carbocycles. The summed E-state index contributed by atoms with van der Waals surface area (Å²) in [4.78, 5) is 1.96. The lowest BCUT2D eigenvalue weighted by molar-refractivity contribution is 0.464. The maximum atomic E-state index is 12.8. The van der Waals surface area contributed by atoms with Gasteiger partial charge in [0.1, 0.15) is 5.82 Å². The molecule has 3 heteroatoms. The van der Waals surface area contributed by atoms with Crippen LogP contribution in [0.4, 0.5) is 4.39 Å². The molecule has 0 aliphatic heterocycles. The van der Waals surface area contributed by atoms with Crippen LogP contribution in [0.2, 0.25) is 5.02 Å². The van der Waals surface area contributed by atoms with Crippen molar-refractivity contribution in [2.24, 2.45) is 0 Å². The van der Waals surface area contributed by atoms with Crippen LogP contribution in [0.3, 0.4) is 0 Å². The van der Waals surface area contributed by atoms with Gasteiger partial charge in [0.05, 0.1) is 11.6 Å². The van der Waals surface area contributed by atoms with Crippen molar-refractivity contribution < 1.29 is 4.39 Å². The van der Waals surface area contributed by atoms with E-state index in [1.165, 1.54) is 12.1 Å². The molecule has 0 bridgehead atoms. The van der Waals surface area contributed by atoms with Gasteiger partial charge in [-0.1, -0.05) is 23.4 Å². The Labute approximate surface area is 88.5 Å². The molecule has 0 saturated carbocycles. The van der Waals surface area contributed by atoms with E-state index in [1.54, 1.807) is 6.07 Å². The maximum absolute atomic E-state index is 12.8. The summed E-state index contributed by atoms with van der Waals surface area (Å²) >= 11 is 5.60. The second-order valence-corrected chi connectivity index (χ2v) is 3.58. The predicted octanol–water partition coefficient (Wildman–Crippen LogP) is 2.39. The van der Waals surface area contributed by atoms with Crippen LogP contribution in [0.1, 0.15) is 5.56 Å². The average molecular weight is 212 g/mol. The van der Waals surface area contributed by atoms with Gasteiger partial charge < -0.3 is 0 Å². The second-order valence-electron chi connectivity index (χ2n) is 3.17. The van der Waals surface area contributed by atoms with Gasteiger partial charge in [-0.25, -0.2) is 4.39 Å². The minimum atomic E-state index is -0.412. The number of benzene rings is 1. The molecule has 1 aromatic rings. The molecule has 0 saturated heterocycles. The average Bonchev–Trinajstić information content (AvgIpc) is 2.10. The Kier molecular flexibility index (Phi) is 3.94. The topological polar surface area (TPSA) is 3.24 Å². The van der Waals surface area contributed by atoms with E-state index in [4.69, 9.17) is 11.6 Å². The summed E-state index contributed by atoms with van der Waals surface area (Å²) in [6, 6.07) is 4.46. The number of halogens is 2. The van der Waals surface area contributed by atoms with Crippen molar-refractivity contribution in [3.63, 3.8) is 0 Å². The van der Waals surface area contributed by atoms with Gasteiger partial charge in [-0.15, -0.1) is 0 Å². The summed E-state index contributed by atoms with van der Waals surface area (Å²) < 4.78 is 12.8. The van der Waals surface area contributed by atoms with Crippen LogP contribution in [-0.2, 0) is 0 Å². The number of rotatable bonds is 1. The third-order valence-corrected chi connectivity index (χ3v) is 1.84. The molecular weight excluding hydrogens is 201 g/mol. The lowest BCUT2D eigenvalue weighted by Crippen LogP contribution is -2.10. The van der Waals surface area contributed by atoms with Gasteiger partial charge in [0.2, 0.25) is 0 Å². The highest BCUT2D eigenvalue weighted by molar-refractivity contribution is 6.30. The summed E-state index contributed by atoms with van der Waals surface area (Å²) in [5.41, 5.74) is 0.734. The summed E-state index contributed by atoms with van der Waals surface area (Å²) in [7, 11) is 3.87. The van der Waals surface area contributed by atoms with Crippen molar-refractivity contribution in [1.29, 1.82) is 0 Å². The molecule has 1 rings (SSSR count). The Morgan fingerprint density at radius 2 is 2.14 bits per heavy atom. The zero-order valence-corrected chi connectivity index (χ0v) is 8.90. The first-order valence-electron chi connectivity index (χ1n) is 4.18. The first kappa shape index (κ1) is 11.0. The number of nitrogens with zero attached hydrogens (tertiary/aromatic N) is 1. The SMILES string of the molecule is CN(C)CC#Cc1ccc(F)c(Cl)c1. The van der Waals surface area contributed by atoms with Crippen molar-refractivity contribution in [1.82, 2.24) is 4.90 Å². The lowest BCUT2D eigenvalue weighted by Gasteiger charge is -2.00. The quantitative estimate of drug-likeness (QED) is 0.645. The van der Waals surface area contributed by atoms with Crippen molar-refractivity contribution >= 4 is 11.6 Å². The highest BCUT2D eigenvalue weighted by Gasteiger charge is 1.97. The van der Waals surface area contributed by atoms with Crippen LogP contribution >= 0.6 is 11.6 Å². The smallest absolute Gasteiger partial charge is 0.141 e. The zero-order valence-electron chi connectivity index (χ0n) is 8.14. The molecule has 0 fully saturated rings. The van der Waals surface area contributed by atoms with Gasteiger partial charge in [-0.2, -0.15) is 0 Å². The number of hydrogen-bond donors (Lipinski definition) is 0. The molecule has 0 N–H and O–H groups in total. The molecule has 0 aromatic heterocycles. The van der Waals surface area contributed by atoms with Gasteiger partial charge in [0.15, 0.2) is 0 Å².